The molecule has 5 amide bonds. The van der Waals surface area contributed by atoms with Gasteiger partial charge < -0.3 is 15.5 Å². The van der Waals surface area contributed by atoms with Crippen LogP contribution in [0.15, 0.2) is 24.3 Å². The number of amides is 5. The lowest BCUT2D eigenvalue weighted by Gasteiger charge is -2.32. The Bertz CT molecular complexity index is 792. The lowest BCUT2D eigenvalue weighted by Crippen LogP contribution is -2.52. The first-order valence-electron chi connectivity index (χ1n) is 9.10. The van der Waals surface area contributed by atoms with E-state index in [-0.39, 0.29) is 35.8 Å². The van der Waals surface area contributed by atoms with Crippen molar-refractivity contribution in [3.8, 4) is 0 Å². The second-order valence-electron chi connectivity index (χ2n) is 7.27. The first-order chi connectivity index (χ1) is 12.8. The van der Waals surface area contributed by atoms with Crippen LogP contribution in [-0.2, 0) is 4.79 Å². The molecule has 2 heterocycles. The molecule has 0 bridgehead atoms. The minimum Gasteiger partial charge on any atom is -0.336 e. The number of imide groups is 1. The van der Waals surface area contributed by atoms with Gasteiger partial charge in [0.1, 0.15) is 6.04 Å². The molecular formula is C19H24N4O4. The van der Waals surface area contributed by atoms with Gasteiger partial charge in [-0.1, -0.05) is 12.1 Å². The summed E-state index contributed by atoms with van der Waals surface area (Å²) >= 11 is 0. The third-order valence-corrected chi connectivity index (χ3v) is 4.81. The predicted molar refractivity (Wildman–Crippen MR) is 99.6 cm³/mol. The van der Waals surface area contributed by atoms with Gasteiger partial charge in [0.15, 0.2) is 5.78 Å². The summed E-state index contributed by atoms with van der Waals surface area (Å²) in [5.74, 6) is -0.453. The Morgan fingerprint density at radius 1 is 1.22 bits per heavy atom. The van der Waals surface area contributed by atoms with Gasteiger partial charge in [-0.3, -0.25) is 9.59 Å². The van der Waals surface area contributed by atoms with Gasteiger partial charge in [0, 0.05) is 24.2 Å². The molecular weight excluding hydrogens is 348 g/mol. The van der Waals surface area contributed by atoms with Gasteiger partial charge in [-0.05, 0) is 45.7 Å². The summed E-state index contributed by atoms with van der Waals surface area (Å²) in [7, 11) is 0. The topological polar surface area (TPSA) is 98.8 Å². The van der Waals surface area contributed by atoms with Gasteiger partial charge in [0.05, 0.1) is 5.69 Å². The number of nitrogens with one attached hydrogen (secondary N) is 2. The molecule has 0 aliphatic carbocycles. The van der Waals surface area contributed by atoms with E-state index in [1.54, 1.807) is 29.2 Å². The standard InChI is InChI=1S/C19H24N4O4/c1-11(2)20-18(26)21-14-7-8-22-16(10-14)17(25)23(19(22)27)15-6-4-5-13(9-15)12(3)24/h4-6,9,11,14,16H,7-8,10H2,1-3H3,(H2,20,21,26). The Labute approximate surface area is 157 Å². The largest absolute Gasteiger partial charge is 0.336 e. The number of benzene rings is 1. The zero-order valence-electron chi connectivity index (χ0n) is 15.7. The van der Waals surface area contributed by atoms with Crippen LogP contribution < -0.4 is 15.5 Å². The number of carbonyl (C=O) groups is 4. The predicted octanol–water partition coefficient (Wildman–Crippen LogP) is 1.90. The molecule has 2 aliphatic rings. The fraction of sp³-hybridized carbons (Fsp3) is 0.474. The molecule has 2 atom stereocenters. The molecule has 27 heavy (non-hydrogen) atoms. The molecule has 144 valence electrons. The monoisotopic (exact) mass is 372 g/mol. The number of anilines is 1. The van der Waals surface area contributed by atoms with Crippen molar-refractivity contribution >= 4 is 29.4 Å². The average Bonchev–Trinajstić information content (AvgIpc) is 2.85. The van der Waals surface area contributed by atoms with E-state index in [1.807, 2.05) is 13.8 Å². The van der Waals surface area contributed by atoms with Crippen LogP contribution in [-0.4, -0.2) is 53.3 Å². The first kappa shape index (κ1) is 18.9. The molecule has 2 unspecified atom stereocenters. The van der Waals surface area contributed by atoms with Gasteiger partial charge in [0.2, 0.25) is 0 Å². The number of rotatable bonds is 4. The lowest BCUT2D eigenvalue weighted by molar-refractivity contribution is -0.120. The van der Waals surface area contributed by atoms with Crippen molar-refractivity contribution in [1.82, 2.24) is 15.5 Å². The van der Waals surface area contributed by atoms with E-state index in [2.05, 4.69) is 10.6 Å². The molecule has 1 aromatic rings. The van der Waals surface area contributed by atoms with Crippen LogP contribution in [0.5, 0.6) is 0 Å². The number of piperidine rings is 1. The van der Waals surface area contributed by atoms with Crippen molar-refractivity contribution in [3.05, 3.63) is 29.8 Å². The molecule has 1 aromatic carbocycles. The number of hydrogen-bond acceptors (Lipinski definition) is 4. The van der Waals surface area contributed by atoms with Crippen LogP contribution in [0.4, 0.5) is 15.3 Å². The number of ketones is 1. The van der Waals surface area contributed by atoms with Crippen molar-refractivity contribution in [1.29, 1.82) is 0 Å². The van der Waals surface area contributed by atoms with Crippen LogP contribution in [0.1, 0.15) is 44.0 Å². The van der Waals surface area contributed by atoms with Gasteiger partial charge in [-0.25, -0.2) is 14.5 Å². The Morgan fingerprint density at radius 3 is 2.63 bits per heavy atom. The molecule has 2 N–H and O–H groups in total. The number of urea groups is 2. The second-order valence-corrected chi connectivity index (χ2v) is 7.27. The maximum Gasteiger partial charge on any atom is 0.332 e. The normalized spacial score (nSPS) is 22.1. The van der Waals surface area contributed by atoms with Crippen LogP contribution in [0, 0.1) is 0 Å². The molecule has 0 aromatic heterocycles. The minimum atomic E-state index is -0.600. The van der Waals surface area contributed by atoms with Crippen molar-refractivity contribution in [3.63, 3.8) is 0 Å². The van der Waals surface area contributed by atoms with Crippen molar-refractivity contribution < 1.29 is 19.2 Å². The van der Waals surface area contributed by atoms with Crippen LogP contribution in [0.3, 0.4) is 0 Å². The highest BCUT2D eigenvalue weighted by atomic mass is 16.2. The molecule has 0 saturated carbocycles. The Balaban J connectivity index is 1.75. The Hall–Kier alpha value is -2.90. The fourth-order valence-electron chi connectivity index (χ4n) is 3.52. The third-order valence-electron chi connectivity index (χ3n) is 4.81. The zero-order valence-corrected chi connectivity index (χ0v) is 15.7. The lowest BCUT2D eigenvalue weighted by atomic mass is 9.98. The molecule has 2 saturated heterocycles. The maximum atomic E-state index is 12.9. The Morgan fingerprint density at radius 2 is 1.96 bits per heavy atom. The quantitative estimate of drug-likeness (QED) is 0.623. The summed E-state index contributed by atoms with van der Waals surface area (Å²) in [4.78, 5) is 51.8. The van der Waals surface area contributed by atoms with E-state index < -0.39 is 6.04 Å². The van der Waals surface area contributed by atoms with E-state index in [4.69, 9.17) is 0 Å². The third kappa shape index (κ3) is 3.79. The van der Waals surface area contributed by atoms with E-state index in [1.165, 1.54) is 6.92 Å². The molecule has 2 fully saturated rings. The SMILES string of the molecule is CC(=O)c1cccc(N2C(=O)C3CC(NC(=O)NC(C)C)CCN3C2=O)c1. The highest BCUT2D eigenvalue weighted by molar-refractivity contribution is 6.21. The van der Waals surface area contributed by atoms with Gasteiger partial charge in [-0.2, -0.15) is 0 Å². The van der Waals surface area contributed by atoms with Crippen LogP contribution in [0.25, 0.3) is 0 Å². The summed E-state index contributed by atoms with van der Waals surface area (Å²) < 4.78 is 0. The van der Waals surface area contributed by atoms with Crippen LogP contribution in [0.2, 0.25) is 0 Å². The van der Waals surface area contributed by atoms with E-state index in [9.17, 15) is 19.2 Å². The minimum absolute atomic E-state index is 0.0174. The highest BCUT2D eigenvalue weighted by Crippen LogP contribution is 2.31. The van der Waals surface area contributed by atoms with E-state index in [0.29, 0.717) is 30.6 Å². The molecule has 8 heteroatoms. The summed E-state index contributed by atoms with van der Waals surface area (Å²) in [6.45, 7) is 5.57. The van der Waals surface area contributed by atoms with Crippen molar-refractivity contribution in [2.45, 2.75) is 51.7 Å². The van der Waals surface area contributed by atoms with Gasteiger partial charge in [0.25, 0.3) is 5.91 Å². The molecule has 8 nitrogen and oxygen atoms in total. The average molecular weight is 372 g/mol. The summed E-state index contributed by atoms with van der Waals surface area (Å²) in [6, 6.07) is 5.10. The molecule has 0 radical (unpaired) electrons. The summed E-state index contributed by atoms with van der Waals surface area (Å²) in [6.07, 6.45) is 0.960. The van der Waals surface area contributed by atoms with Gasteiger partial charge >= 0.3 is 12.1 Å². The molecule has 3 rings (SSSR count). The first-order valence-corrected chi connectivity index (χ1v) is 9.10. The number of nitrogens with zero attached hydrogens (tertiary/aromatic N) is 2. The molecule has 2 aliphatic heterocycles. The maximum absolute atomic E-state index is 12.9. The van der Waals surface area contributed by atoms with Gasteiger partial charge in [-0.15, -0.1) is 0 Å². The number of hydrogen-bond donors (Lipinski definition) is 2. The summed E-state index contributed by atoms with van der Waals surface area (Å²) in [5, 5.41) is 5.64. The fourth-order valence-corrected chi connectivity index (χ4v) is 3.52. The Kier molecular flexibility index (Phi) is 5.16. The number of carbonyl (C=O) groups excluding carboxylic acids is 4. The number of fused-ring (bicyclic) bond motifs is 1. The van der Waals surface area contributed by atoms with Crippen molar-refractivity contribution in [2.75, 3.05) is 11.4 Å². The highest BCUT2D eigenvalue weighted by Gasteiger charge is 2.48. The number of Topliss-reactive ketones (excluding diaryl/α,β-unsaturated/α-hetero) is 1. The van der Waals surface area contributed by atoms with E-state index in [0.717, 1.165) is 4.90 Å². The molecule has 0 spiro atoms. The smallest absolute Gasteiger partial charge is 0.332 e. The van der Waals surface area contributed by atoms with Crippen molar-refractivity contribution in [2.24, 2.45) is 0 Å². The second kappa shape index (κ2) is 7.38. The summed E-state index contributed by atoms with van der Waals surface area (Å²) in [5.41, 5.74) is 0.844. The zero-order chi connectivity index (χ0) is 19.7. The van der Waals surface area contributed by atoms with Crippen LogP contribution >= 0.6 is 0 Å². The van der Waals surface area contributed by atoms with E-state index >= 15 is 0 Å².